The maximum absolute atomic E-state index is 13.1. The summed E-state index contributed by atoms with van der Waals surface area (Å²) >= 11 is 0. The van der Waals surface area contributed by atoms with E-state index in [1.54, 1.807) is 17.5 Å². The van der Waals surface area contributed by atoms with Crippen molar-refractivity contribution < 1.29 is 22.7 Å². The molecule has 2 aromatic heterocycles. The lowest BCUT2D eigenvalue weighted by molar-refractivity contribution is -0.139. The number of carbonyl (C=O) groups excluding carboxylic acids is 1. The van der Waals surface area contributed by atoms with Crippen molar-refractivity contribution >= 4 is 17.5 Å². The monoisotopic (exact) mass is 481 g/mol. The normalized spacial score (nSPS) is 19.6. The van der Waals surface area contributed by atoms with Gasteiger partial charge in [-0.3, -0.25) is 9.59 Å². The smallest absolute Gasteiger partial charge is 0.381 e. The number of nitrogens with zero attached hydrogens (tertiary/aromatic N) is 5. The molecule has 0 bridgehead atoms. The quantitative estimate of drug-likeness (QED) is 0.573. The minimum absolute atomic E-state index is 0.00701. The van der Waals surface area contributed by atoms with Gasteiger partial charge in [-0.1, -0.05) is 0 Å². The number of halogens is 3. The zero-order valence-corrected chi connectivity index (χ0v) is 18.6. The van der Waals surface area contributed by atoms with Gasteiger partial charge in [0.1, 0.15) is 11.7 Å². The fraction of sp³-hybridized carbons (Fsp3) is 0.571. The summed E-state index contributed by atoms with van der Waals surface area (Å²) < 4.78 is 44.9. The molecule has 0 aromatic carbocycles. The van der Waals surface area contributed by atoms with E-state index >= 15 is 0 Å². The number of likely N-dealkylation sites (tertiary alicyclic amines) is 1. The van der Waals surface area contributed by atoms with E-state index in [9.17, 15) is 22.8 Å². The van der Waals surface area contributed by atoms with Crippen molar-refractivity contribution in [3.8, 4) is 0 Å². The molecule has 2 N–H and O–H groups in total. The van der Waals surface area contributed by atoms with E-state index in [1.807, 2.05) is 11.8 Å². The van der Waals surface area contributed by atoms with Crippen LogP contribution in [-0.4, -0.2) is 75.9 Å². The van der Waals surface area contributed by atoms with Gasteiger partial charge in [-0.15, -0.1) is 0 Å². The molecule has 2 fully saturated rings. The van der Waals surface area contributed by atoms with E-state index in [0.29, 0.717) is 18.9 Å². The van der Waals surface area contributed by atoms with Gasteiger partial charge < -0.3 is 19.9 Å². The van der Waals surface area contributed by atoms with Gasteiger partial charge in [0.05, 0.1) is 18.5 Å². The summed E-state index contributed by atoms with van der Waals surface area (Å²) in [5.41, 5.74) is -2.09. The number of anilines is 2. The van der Waals surface area contributed by atoms with Gasteiger partial charge in [0, 0.05) is 51.0 Å². The van der Waals surface area contributed by atoms with E-state index in [-0.39, 0.29) is 25.1 Å². The van der Waals surface area contributed by atoms with Gasteiger partial charge in [-0.05, 0) is 25.3 Å². The third-order valence-electron chi connectivity index (χ3n) is 6.02. The van der Waals surface area contributed by atoms with Crippen molar-refractivity contribution in [1.82, 2.24) is 25.1 Å². The highest BCUT2D eigenvalue weighted by molar-refractivity contribution is 5.83. The highest BCUT2D eigenvalue weighted by Gasteiger charge is 2.39. The van der Waals surface area contributed by atoms with Crippen LogP contribution >= 0.6 is 0 Å². The standard InChI is InChI=1S/C21H26F3N7O3/c1-13-10-26-20(27-11-13)30-6-2-14(3-7-30)31-8-4-16(19(31)33)34-9-5-25-15-12-28-29-18(32)17(15)21(22,23)24/h10-12,14,16H,2-9H2,1H3,(H2,25,29,32). The number of aromatic nitrogens is 4. The van der Waals surface area contributed by atoms with E-state index in [2.05, 4.69) is 25.3 Å². The van der Waals surface area contributed by atoms with Gasteiger partial charge in [-0.2, -0.15) is 18.3 Å². The molecule has 4 heterocycles. The minimum Gasteiger partial charge on any atom is -0.381 e. The van der Waals surface area contributed by atoms with E-state index in [0.717, 1.165) is 37.7 Å². The average molecular weight is 481 g/mol. The van der Waals surface area contributed by atoms with Crippen LogP contribution in [0.4, 0.5) is 24.8 Å². The topological polar surface area (TPSA) is 116 Å². The number of nitrogens with one attached hydrogen (secondary N) is 2. The van der Waals surface area contributed by atoms with Crippen molar-refractivity contribution in [3.05, 3.63) is 40.1 Å². The first-order valence-electron chi connectivity index (χ1n) is 11.1. The first kappa shape index (κ1) is 23.9. The summed E-state index contributed by atoms with van der Waals surface area (Å²) in [7, 11) is 0. The molecule has 184 valence electrons. The summed E-state index contributed by atoms with van der Waals surface area (Å²) in [6.07, 6.45) is 1.15. The van der Waals surface area contributed by atoms with Crippen molar-refractivity contribution in [1.29, 1.82) is 0 Å². The van der Waals surface area contributed by atoms with Crippen molar-refractivity contribution in [2.75, 3.05) is 43.0 Å². The van der Waals surface area contributed by atoms with Gasteiger partial charge >= 0.3 is 6.18 Å². The lowest BCUT2D eigenvalue weighted by Gasteiger charge is -2.36. The molecule has 2 aliphatic rings. The Hall–Kier alpha value is -3.22. The molecule has 2 aliphatic heterocycles. The fourth-order valence-electron chi connectivity index (χ4n) is 4.32. The van der Waals surface area contributed by atoms with Crippen LogP contribution in [0, 0.1) is 6.92 Å². The lowest BCUT2D eigenvalue weighted by atomic mass is 10.0. The zero-order chi connectivity index (χ0) is 24.3. The highest BCUT2D eigenvalue weighted by atomic mass is 19.4. The molecule has 0 aliphatic carbocycles. The average Bonchev–Trinajstić information content (AvgIpc) is 3.17. The second kappa shape index (κ2) is 9.95. The molecule has 1 atom stereocenters. The van der Waals surface area contributed by atoms with Crippen LogP contribution in [0.2, 0.25) is 0 Å². The van der Waals surface area contributed by atoms with E-state index in [1.165, 1.54) is 0 Å². The summed E-state index contributed by atoms with van der Waals surface area (Å²) in [4.78, 5) is 37.0. The molecule has 1 amide bonds. The second-order valence-electron chi connectivity index (χ2n) is 8.37. The first-order chi connectivity index (χ1) is 16.2. The number of aryl methyl sites for hydroxylation is 1. The number of ether oxygens (including phenoxy) is 1. The number of amides is 1. The maximum atomic E-state index is 13.1. The third kappa shape index (κ3) is 5.29. The SMILES string of the molecule is Cc1cnc(N2CCC(N3CCC(OCCNc4cn[nH]c(=O)c4C(F)(F)F)C3=O)CC2)nc1. The fourth-order valence-corrected chi connectivity index (χ4v) is 4.32. The zero-order valence-electron chi connectivity index (χ0n) is 18.6. The van der Waals surface area contributed by atoms with Crippen LogP contribution in [0.25, 0.3) is 0 Å². The van der Waals surface area contributed by atoms with Crippen molar-refractivity contribution in [3.63, 3.8) is 0 Å². The molecule has 0 radical (unpaired) electrons. The Kier molecular flexibility index (Phi) is 7.00. The minimum atomic E-state index is -4.82. The summed E-state index contributed by atoms with van der Waals surface area (Å²) in [5, 5.41) is 7.71. The maximum Gasteiger partial charge on any atom is 0.423 e. The largest absolute Gasteiger partial charge is 0.423 e. The van der Waals surface area contributed by atoms with Crippen LogP contribution in [0.1, 0.15) is 30.4 Å². The molecule has 0 saturated carbocycles. The number of H-pyrrole nitrogens is 1. The molecule has 10 nitrogen and oxygen atoms in total. The van der Waals surface area contributed by atoms with Crippen LogP contribution in [0.15, 0.2) is 23.4 Å². The molecule has 0 spiro atoms. The molecular formula is C21H26F3N7O3. The number of hydrogen-bond acceptors (Lipinski definition) is 8. The number of piperidine rings is 1. The highest BCUT2D eigenvalue weighted by Crippen LogP contribution is 2.31. The van der Waals surface area contributed by atoms with E-state index < -0.39 is 29.1 Å². The molecule has 2 saturated heterocycles. The Bertz CT molecular complexity index is 1050. The Morgan fingerprint density at radius 2 is 1.82 bits per heavy atom. The van der Waals surface area contributed by atoms with Gasteiger partial charge in [0.15, 0.2) is 0 Å². The summed E-state index contributed by atoms with van der Waals surface area (Å²) in [5.74, 6) is 0.591. The van der Waals surface area contributed by atoms with Crippen LogP contribution in [0.3, 0.4) is 0 Å². The van der Waals surface area contributed by atoms with Gasteiger partial charge in [0.25, 0.3) is 11.5 Å². The Labute approximate surface area is 193 Å². The molecule has 4 rings (SSSR count). The Morgan fingerprint density at radius 3 is 2.50 bits per heavy atom. The number of alkyl halides is 3. The number of rotatable bonds is 7. The third-order valence-corrected chi connectivity index (χ3v) is 6.02. The predicted octanol–water partition coefficient (Wildman–Crippen LogP) is 1.59. The summed E-state index contributed by atoms with van der Waals surface area (Å²) in [6, 6.07) is 0.109. The van der Waals surface area contributed by atoms with Crippen LogP contribution in [-0.2, 0) is 15.7 Å². The number of carbonyl (C=O) groups is 1. The first-order valence-corrected chi connectivity index (χ1v) is 11.1. The van der Waals surface area contributed by atoms with Crippen molar-refractivity contribution in [2.24, 2.45) is 0 Å². The lowest BCUT2D eigenvalue weighted by Crippen LogP contribution is -2.47. The molecule has 34 heavy (non-hydrogen) atoms. The molecule has 13 heteroatoms. The van der Waals surface area contributed by atoms with Crippen LogP contribution in [0.5, 0.6) is 0 Å². The molecule has 1 unspecified atom stereocenters. The number of aromatic amines is 1. The van der Waals surface area contributed by atoms with Gasteiger partial charge in [-0.25, -0.2) is 15.1 Å². The molecule has 2 aromatic rings. The van der Waals surface area contributed by atoms with Gasteiger partial charge in [0.2, 0.25) is 5.95 Å². The van der Waals surface area contributed by atoms with E-state index in [4.69, 9.17) is 4.74 Å². The Morgan fingerprint density at radius 1 is 1.12 bits per heavy atom. The second-order valence-corrected chi connectivity index (χ2v) is 8.37. The number of hydrogen-bond donors (Lipinski definition) is 2. The summed E-state index contributed by atoms with van der Waals surface area (Å²) in [6.45, 7) is 4.02. The van der Waals surface area contributed by atoms with Crippen molar-refractivity contribution in [2.45, 2.75) is 44.5 Å². The molecular weight excluding hydrogens is 455 g/mol. The Balaban J connectivity index is 1.24. The van der Waals surface area contributed by atoms with Crippen LogP contribution < -0.4 is 15.8 Å². The predicted molar refractivity (Wildman–Crippen MR) is 116 cm³/mol.